The zero-order valence-electron chi connectivity index (χ0n) is 11.9. The summed E-state index contributed by atoms with van der Waals surface area (Å²) in [7, 11) is -3.76. The molecule has 0 unspecified atom stereocenters. The van der Waals surface area contributed by atoms with E-state index in [1.807, 2.05) is 6.92 Å². The minimum atomic E-state index is -3.76. The summed E-state index contributed by atoms with van der Waals surface area (Å²) >= 11 is 3.28. The molecule has 0 spiro atoms. The van der Waals surface area contributed by atoms with Crippen molar-refractivity contribution in [2.75, 3.05) is 10.5 Å². The van der Waals surface area contributed by atoms with Gasteiger partial charge in [-0.25, -0.2) is 13.4 Å². The number of nitrogens with two attached hydrogens (primary N) is 1. The van der Waals surface area contributed by atoms with Crippen molar-refractivity contribution < 1.29 is 8.42 Å². The van der Waals surface area contributed by atoms with Crippen LogP contribution in [0.25, 0.3) is 0 Å². The normalized spacial score (nSPS) is 11.4. The topological polar surface area (TPSA) is 85.1 Å². The Morgan fingerprint density at radius 1 is 1.14 bits per heavy atom. The predicted molar refractivity (Wildman–Crippen MR) is 87.8 cm³/mol. The van der Waals surface area contributed by atoms with Crippen LogP contribution in [0, 0.1) is 20.8 Å². The Morgan fingerprint density at radius 3 is 2.38 bits per heavy atom. The number of hydrogen-bond donors (Lipinski definition) is 2. The van der Waals surface area contributed by atoms with Crippen LogP contribution in [0.1, 0.15) is 16.7 Å². The fourth-order valence-corrected chi connectivity index (χ4v) is 3.67. The number of hydrogen-bond acceptors (Lipinski definition) is 4. The summed E-state index contributed by atoms with van der Waals surface area (Å²) in [6.45, 7) is 5.33. The van der Waals surface area contributed by atoms with Gasteiger partial charge in [0.1, 0.15) is 9.50 Å². The van der Waals surface area contributed by atoms with Gasteiger partial charge in [-0.1, -0.05) is 12.1 Å². The van der Waals surface area contributed by atoms with E-state index < -0.39 is 10.0 Å². The van der Waals surface area contributed by atoms with E-state index in [2.05, 4.69) is 25.6 Å². The lowest BCUT2D eigenvalue weighted by molar-refractivity contribution is 0.601. The number of halogens is 1. The van der Waals surface area contributed by atoms with Crippen LogP contribution in [0.5, 0.6) is 0 Å². The van der Waals surface area contributed by atoms with E-state index >= 15 is 0 Å². The summed E-state index contributed by atoms with van der Waals surface area (Å²) in [6, 6.07) is 5.25. The highest BCUT2D eigenvalue weighted by molar-refractivity contribution is 9.10. The number of aryl methyl sites for hydroxylation is 3. The molecule has 1 aromatic heterocycles. The summed E-state index contributed by atoms with van der Waals surface area (Å²) < 4.78 is 28.3. The van der Waals surface area contributed by atoms with Gasteiger partial charge in [0, 0.05) is 0 Å². The Bertz CT molecular complexity index is 804. The molecule has 1 heterocycles. The van der Waals surface area contributed by atoms with Gasteiger partial charge in [-0.2, -0.15) is 0 Å². The van der Waals surface area contributed by atoms with Gasteiger partial charge in [-0.3, -0.25) is 4.72 Å². The fourth-order valence-electron chi connectivity index (χ4n) is 1.98. The first-order valence-corrected chi connectivity index (χ1v) is 8.50. The summed E-state index contributed by atoms with van der Waals surface area (Å²) in [5.74, 6) is 0. The lowest BCUT2D eigenvalue weighted by Crippen LogP contribution is -2.17. The summed E-state index contributed by atoms with van der Waals surface area (Å²) in [5, 5.41) is 0. The van der Waals surface area contributed by atoms with Crippen molar-refractivity contribution in [3.63, 3.8) is 0 Å². The third kappa shape index (κ3) is 3.19. The van der Waals surface area contributed by atoms with E-state index in [-0.39, 0.29) is 10.6 Å². The second-order valence-corrected chi connectivity index (χ2v) is 7.25. The molecule has 5 nitrogen and oxygen atoms in total. The molecule has 0 saturated carbocycles. The van der Waals surface area contributed by atoms with Gasteiger partial charge in [-0.05, 0) is 59.5 Å². The minimum absolute atomic E-state index is 0.114. The zero-order valence-corrected chi connectivity index (χ0v) is 14.3. The van der Waals surface area contributed by atoms with E-state index in [1.54, 1.807) is 32.0 Å². The highest BCUT2D eigenvalue weighted by atomic mass is 79.9. The van der Waals surface area contributed by atoms with Gasteiger partial charge < -0.3 is 5.73 Å². The van der Waals surface area contributed by atoms with Crippen molar-refractivity contribution in [1.29, 1.82) is 0 Å². The van der Waals surface area contributed by atoms with Crippen LogP contribution in [-0.4, -0.2) is 13.4 Å². The van der Waals surface area contributed by atoms with Crippen LogP contribution in [0.3, 0.4) is 0 Å². The van der Waals surface area contributed by atoms with Crippen molar-refractivity contribution >= 4 is 37.3 Å². The molecule has 2 aromatic rings. The highest BCUT2D eigenvalue weighted by Gasteiger charge is 2.21. The minimum Gasteiger partial charge on any atom is -0.397 e. The highest BCUT2D eigenvalue weighted by Crippen LogP contribution is 2.28. The van der Waals surface area contributed by atoms with Gasteiger partial charge in [0.15, 0.2) is 0 Å². The lowest BCUT2D eigenvalue weighted by atomic mass is 10.1. The van der Waals surface area contributed by atoms with Gasteiger partial charge in [-0.15, -0.1) is 0 Å². The van der Waals surface area contributed by atoms with Gasteiger partial charge in [0.05, 0.1) is 17.6 Å². The van der Waals surface area contributed by atoms with E-state index in [0.29, 0.717) is 15.9 Å². The van der Waals surface area contributed by atoms with E-state index in [9.17, 15) is 8.42 Å². The van der Waals surface area contributed by atoms with Crippen molar-refractivity contribution in [3.8, 4) is 0 Å². The third-order valence-corrected chi connectivity index (χ3v) is 5.56. The van der Waals surface area contributed by atoms with Crippen LogP contribution in [0.4, 0.5) is 11.4 Å². The zero-order chi connectivity index (χ0) is 15.8. The number of nitrogens with zero attached hydrogens (tertiary/aromatic N) is 1. The smallest absolute Gasteiger partial charge is 0.264 e. The van der Waals surface area contributed by atoms with Gasteiger partial charge >= 0.3 is 0 Å². The first kappa shape index (κ1) is 15.8. The maximum atomic E-state index is 12.6. The van der Waals surface area contributed by atoms with Crippen molar-refractivity contribution in [2.45, 2.75) is 25.7 Å². The number of nitrogens with one attached hydrogen (secondary N) is 1. The van der Waals surface area contributed by atoms with Crippen LogP contribution in [-0.2, 0) is 10.0 Å². The Kier molecular flexibility index (Phi) is 4.25. The molecule has 3 N–H and O–H groups in total. The van der Waals surface area contributed by atoms with E-state index in [1.165, 1.54) is 6.20 Å². The largest absolute Gasteiger partial charge is 0.397 e. The summed E-state index contributed by atoms with van der Waals surface area (Å²) in [5.41, 5.74) is 8.77. The molecule has 0 aliphatic heterocycles. The number of sulfonamides is 1. The predicted octanol–water partition coefficient (Wildman–Crippen LogP) is 3.15. The Balaban J connectivity index is 2.48. The molecule has 0 saturated heterocycles. The maximum absolute atomic E-state index is 12.6. The van der Waals surface area contributed by atoms with Crippen LogP contribution in [0.15, 0.2) is 33.9 Å². The summed E-state index contributed by atoms with van der Waals surface area (Å²) in [6.07, 6.45) is 1.45. The monoisotopic (exact) mass is 369 g/mol. The molecule has 0 fully saturated rings. The van der Waals surface area contributed by atoms with Crippen molar-refractivity contribution in [1.82, 2.24) is 4.98 Å². The molecule has 0 atom stereocenters. The molecule has 1 aromatic carbocycles. The number of aromatic nitrogens is 1. The fraction of sp³-hybridized carbons (Fsp3) is 0.214. The SMILES string of the molecule is Cc1cc(NS(=O)(=O)c2c(C)ccc(C)c2N)cnc1Br. The van der Waals surface area contributed by atoms with Crippen LogP contribution < -0.4 is 10.5 Å². The number of rotatable bonds is 3. The average molecular weight is 370 g/mol. The molecular formula is C14H16BrN3O2S. The maximum Gasteiger partial charge on any atom is 0.264 e. The number of nitrogen functional groups attached to an aromatic ring is 1. The first-order chi connectivity index (χ1) is 9.72. The lowest BCUT2D eigenvalue weighted by Gasteiger charge is -2.14. The molecule has 7 heteroatoms. The van der Waals surface area contributed by atoms with Crippen LogP contribution >= 0.6 is 15.9 Å². The van der Waals surface area contributed by atoms with Crippen LogP contribution in [0.2, 0.25) is 0 Å². The Labute approximate surface area is 132 Å². The standard InChI is InChI=1S/C14H16BrN3O2S/c1-8-4-5-9(2)13(12(8)16)21(19,20)18-11-6-10(3)14(15)17-7-11/h4-7,18H,16H2,1-3H3. The Morgan fingerprint density at radius 2 is 1.76 bits per heavy atom. The summed E-state index contributed by atoms with van der Waals surface area (Å²) in [4.78, 5) is 4.19. The van der Waals surface area contributed by atoms with Gasteiger partial charge in [0.25, 0.3) is 10.0 Å². The molecule has 112 valence electrons. The molecular weight excluding hydrogens is 354 g/mol. The molecule has 0 aliphatic carbocycles. The average Bonchev–Trinajstić information content (AvgIpc) is 2.38. The van der Waals surface area contributed by atoms with Gasteiger partial charge in [0.2, 0.25) is 0 Å². The molecule has 2 rings (SSSR count). The van der Waals surface area contributed by atoms with Crippen molar-refractivity contribution in [3.05, 3.63) is 45.7 Å². The van der Waals surface area contributed by atoms with E-state index in [0.717, 1.165) is 11.1 Å². The third-order valence-electron chi connectivity index (χ3n) is 3.15. The van der Waals surface area contributed by atoms with Crippen molar-refractivity contribution in [2.24, 2.45) is 0 Å². The quantitative estimate of drug-likeness (QED) is 0.642. The number of pyridine rings is 1. The molecule has 0 aliphatic rings. The second-order valence-electron chi connectivity index (χ2n) is 4.88. The number of anilines is 2. The van der Waals surface area contributed by atoms with E-state index in [4.69, 9.17) is 5.73 Å². The molecule has 0 amide bonds. The second kappa shape index (κ2) is 5.65. The molecule has 0 radical (unpaired) electrons. The Hall–Kier alpha value is -1.60. The molecule has 0 bridgehead atoms. The number of benzene rings is 1. The molecule has 21 heavy (non-hydrogen) atoms. The first-order valence-electron chi connectivity index (χ1n) is 6.23.